The summed E-state index contributed by atoms with van der Waals surface area (Å²) in [5.74, 6) is 1.52. The van der Waals surface area contributed by atoms with Gasteiger partial charge in [0.25, 0.3) is 0 Å². The highest BCUT2D eigenvalue weighted by atomic mass is 35.5. The molecule has 2 aromatic heterocycles. The van der Waals surface area contributed by atoms with Crippen molar-refractivity contribution in [3.8, 4) is 22.8 Å². The summed E-state index contributed by atoms with van der Waals surface area (Å²) < 4.78 is 10.7. The van der Waals surface area contributed by atoms with Crippen molar-refractivity contribution in [2.45, 2.75) is 0 Å². The number of benzene rings is 3. The van der Waals surface area contributed by atoms with E-state index in [0.717, 1.165) is 27.5 Å². The van der Waals surface area contributed by atoms with E-state index in [1.165, 1.54) is 0 Å². The number of hydrogen-bond acceptors (Lipinski definition) is 7. The summed E-state index contributed by atoms with van der Waals surface area (Å²) in [6.07, 6.45) is 1.57. The van der Waals surface area contributed by atoms with Crippen LogP contribution in [0, 0.1) is 0 Å². The first kappa shape index (κ1) is 22.8. The first-order chi connectivity index (χ1) is 17.1. The molecule has 0 unspecified atom stereocenters. The Kier molecular flexibility index (Phi) is 6.35. The van der Waals surface area contributed by atoms with Gasteiger partial charge in [-0.3, -0.25) is 0 Å². The van der Waals surface area contributed by atoms with Crippen LogP contribution in [0.3, 0.4) is 0 Å². The van der Waals surface area contributed by atoms with Crippen LogP contribution in [0.2, 0.25) is 10.2 Å². The minimum atomic E-state index is 0.300. The number of nitrogens with zero attached hydrogens (tertiary/aromatic N) is 4. The number of halogens is 2. The summed E-state index contributed by atoms with van der Waals surface area (Å²) in [6, 6.07) is 20.8. The van der Waals surface area contributed by atoms with Gasteiger partial charge >= 0.3 is 0 Å². The van der Waals surface area contributed by atoms with E-state index in [2.05, 4.69) is 25.5 Å². The molecule has 9 heteroatoms. The second-order valence-electron chi connectivity index (χ2n) is 7.56. The zero-order chi connectivity index (χ0) is 24.4. The molecule has 5 aromatic rings. The highest BCUT2D eigenvalue weighted by molar-refractivity contribution is 6.32. The van der Waals surface area contributed by atoms with Gasteiger partial charge in [-0.1, -0.05) is 53.5 Å². The van der Waals surface area contributed by atoms with Crippen molar-refractivity contribution in [1.82, 2.24) is 15.0 Å². The number of ether oxygens (including phenoxy) is 2. The normalized spacial score (nSPS) is 11.3. The molecule has 0 aliphatic carbocycles. The molecule has 0 bridgehead atoms. The molecule has 3 aromatic carbocycles. The maximum absolute atomic E-state index is 6.41. The second-order valence-corrected chi connectivity index (χ2v) is 8.36. The SMILES string of the molecule is COc1cc2cc(C=NNc3nc(-c4ccccc4)c4cc(Cl)ccc4n3)c(Cl)nc2cc1OC. The van der Waals surface area contributed by atoms with E-state index in [9.17, 15) is 0 Å². The highest BCUT2D eigenvalue weighted by Gasteiger charge is 2.12. The predicted molar refractivity (Wildman–Crippen MR) is 141 cm³/mol. The number of rotatable bonds is 6. The molecule has 1 N–H and O–H groups in total. The Labute approximate surface area is 211 Å². The fourth-order valence-corrected chi connectivity index (χ4v) is 4.08. The van der Waals surface area contributed by atoms with Crippen molar-refractivity contribution in [2.24, 2.45) is 5.10 Å². The lowest BCUT2D eigenvalue weighted by Gasteiger charge is -2.10. The van der Waals surface area contributed by atoms with E-state index in [0.29, 0.717) is 38.7 Å². The highest BCUT2D eigenvalue weighted by Crippen LogP contribution is 2.33. The minimum absolute atomic E-state index is 0.300. The second kappa shape index (κ2) is 9.74. The minimum Gasteiger partial charge on any atom is -0.493 e. The lowest BCUT2D eigenvalue weighted by molar-refractivity contribution is 0.356. The Hall–Kier alpha value is -3.94. The number of aromatic nitrogens is 3. The van der Waals surface area contributed by atoms with Crippen molar-refractivity contribution >= 4 is 57.2 Å². The van der Waals surface area contributed by atoms with E-state index < -0.39 is 0 Å². The smallest absolute Gasteiger partial charge is 0.244 e. The van der Waals surface area contributed by atoms with Crippen LogP contribution in [0.15, 0.2) is 71.8 Å². The average molecular weight is 504 g/mol. The third-order valence-electron chi connectivity index (χ3n) is 5.37. The molecule has 0 aliphatic rings. The van der Waals surface area contributed by atoms with Crippen LogP contribution in [0.1, 0.15) is 5.56 Å². The van der Waals surface area contributed by atoms with Gasteiger partial charge in [-0.15, -0.1) is 0 Å². The van der Waals surface area contributed by atoms with E-state index in [1.807, 2.05) is 54.6 Å². The number of pyridine rings is 1. The fraction of sp³-hybridized carbons (Fsp3) is 0.0769. The monoisotopic (exact) mass is 503 g/mol. The summed E-state index contributed by atoms with van der Waals surface area (Å²) in [5, 5.41) is 6.91. The van der Waals surface area contributed by atoms with Crippen LogP contribution in [-0.4, -0.2) is 35.4 Å². The molecule has 174 valence electrons. The van der Waals surface area contributed by atoms with Crippen LogP contribution in [0.5, 0.6) is 11.5 Å². The van der Waals surface area contributed by atoms with Crippen LogP contribution in [0.4, 0.5) is 5.95 Å². The Bertz CT molecular complexity index is 1580. The molecule has 0 saturated carbocycles. The standard InChI is InChI=1S/C26H19Cl2N5O2/c1-34-22-11-16-10-17(25(28)30-21(16)13-23(22)35-2)14-29-33-26-31-20-9-8-18(27)12-19(20)24(32-26)15-6-4-3-5-7-15/h3-14H,1-2H3,(H,31,32,33). The van der Waals surface area contributed by atoms with E-state index in [-0.39, 0.29) is 0 Å². The molecule has 35 heavy (non-hydrogen) atoms. The number of hydrogen-bond donors (Lipinski definition) is 1. The van der Waals surface area contributed by atoms with Gasteiger partial charge in [0, 0.05) is 33.0 Å². The predicted octanol–water partition coefficient (Wildman–Crippen LogP) is 6.62. The van der Waals surface area contributed by atoms with Crippen molar-refractivity contribution in [3.63, 3.8) is 0 Å². The third-order valence-corrected chi connectivity index (χ3v) is 5.91. The van der Waals surface area contributed by atoms with Gasteiger partial charge in [0.2, 0.25) is 5.95 Å². The number of anilines is 1. The topological polar surface area (TPSA) is 81.5 Å². The van der Waals surface area contributed by atoms with Crippen LogP contribution in [-0.2, 0) is 0 Å². The van der Waals surface area contributed by atoms with Gasteiger partial charge < -0.3 is 9.47 Å². The maximum Gasteiger partial charge on any atom is 0.244 e. The zero-order valence-electron chi connectivity index (χ0n) is 18.8. The summed E-state index contributed by atoms with van der Waals surface area (Å²) >= 11 is 12.6. The van der Waals surface area contributed by atoms with Crippen LogP contribution >= 0.6 is 23.2 Å². The molecule has 0 amide bonds. The molecule has 0 atom stereocenters. The summed E-state index contributed by atoms with van der Waals surface area (Å²) in [7, 11) is 3.16. The Morgan fingerprint density at radius 1 is 0.829 bits per heavy atom. The first-order valence-electron chi connectivity index (χ1n) is 10.6. The lowest BCUT2D eigenvalue weighted by atomic mass is 10.1. The molecule has 0 saturated heterocycles. The van der Waals surface area contributed by atoms with Gasteiger partial charge in [0.15, 0.2) is 11.5 Å². The number of fused-ring (bicyclic) bond motifs is 2. The number of methoxy groups -OCH3 is 2. The van der Waals surface area contributed by atoms with Gasteiger partial charge in [-0.2, -0.15) is 5.10 Å². The molecule has 2 heterocycles. The average Bonchev–Trinajstić information content (AvgIpc) is 2.88. The number of hydrazone groups is 1. The molecule has 5 rings (SSSR count). The van der Waals surface area contributed by atoms with Gasteiger partial charge in [0.1, 0.15) is 5.15 Å². The van der Waals surface area contributed by atoms with Gasteiger partial charge in [0.05, 0.1) is 37.2 Å². The summed E-state index contributed by atoms with van der Waals surface area (Å²) in [6.45, 7) is 0. The quantitative estimate of drug-likeness (QED) is 0.159. The molecule has 0 aliphatic heterocycles. The largest absolute Gasteiger partial charge is 0.493 e. The van der Waals surface area contributed by atoms with Gasteiger partial charge in [-0.05, 0) is 30.3 Å². The Morgan fingerprint density at radius 3 is 2.37 bits per heavy atom. The molecule has 0 spiro atoms. The fourth-order valence-electron chi connectivity index (χ4n) is 3.71. The van der Waals surface area contributed by atoms with E-state index >= 15 is 0 Å². The van der Waals surface area contributed by atoms with Crippen molar-refractivity contribution < 1.29 is 9.47 Å². The summed E-state index contributed by atoms with van der Waals surface area (Å²) in [4.78, 5) is 13.7. The van der Waals surface area contributed by atoms with Crippen LogP contribution < -0.4 is 14.9 Å². The molecule has 7 nitrogen and oxygen atoms in total. The Balaban J connectivity index is 1.49. The number of nitrogens with one attached hydrogen (secondary N) is 1. The summed E-state index contributed by atoms with van der Waals surface area (Å²) in [5.41, 5.74) is 6.65. The molecule has 0 radical (unpaired) electrons. The molecular weight excluding hydrogens is 485 g/mol. The van der Waals surface area contributed by atoms with E-state index in [4.69, 9.17) is 32.7 Å². The van der Waals surface area contributed by atoms with Crippen LogP contribution in [0.25, 0.3) is 33.1 Å². The van der Waals surface area contributed by atoms with Gasteiger partial charge in [-0.25, -0.2) is 20.4 Å². The molecule has 0 fully saturated rings. The maximum atomic E-state index is 6.41. The third kappa shape index (κ3) is 4.69. The first-order valence-corrected chi connectivity index (χ1v) is 11.4. The van der Waals surface area contributed by atoms with E-state index in [1.54, 1.807) is 32.6 Å². The van der Waals surface area contributed by atoms with Crippen molar-refractivity contribution in [2.75, 3.05) is 19.6 Å². The van der Waals surface area contributed by atoms with Crippen molar-refractivity contribution in [1.29, 1.82) is 0 Å². The van der Waals surface area contributed by atoms with Crippen molar-refractivity contribution in [3.05, 3.63) is 82.5 Å². The Morgan fingerprint density at radius 2 is 1.60 bits per heavy atom. The lowest BCUT2D eigenvalue weighted by Crippen LogP contribution is -2.00. The molecular formula is C26H19Cl2N5O2. The zero-order valence-corrected chi connectivity index (χ0v) is 20.3.